The zero-order valence-corrected chi connectivity index (χ0v) is 18.4. The van der Waals surface area contributed by atoms with Crippen LogP contribution in [-0.2, 0) is 4.79 Å². The zero-order valence-electron chi connectivity index (χ0n) is 16.7. The third-order valence-corrected chi connectivity index (χ3v) is 7.89. The lowest BCUT2D eigenvalue weighted by Crippen LogP contribution is -2.33. The summed E-state index contributed by atoms with van der Waals surface area (Å²) in [5, 5.41) is 1.22. The van der Waals surface area contributed by atoms with E-state index in [4.69, 9.17) is 0 Å². The number of carbonyl (C=O) groups is 1. The molecule has 1 aromatic carbocycles. The minimum absolute atomic E-state index is 0.276. The van der Waals surface area contributed by atoms with Crippen LogP contribution in [0.15, 0.2) is 29.2 Å². The van der Waals surface area contributed by atoms with Gasteiger partial charge in [-0.3, -0.25) is 4.79 Å². The van der Waals surface area contributed by atoms with E-state index in [2.05, 4.69) is 50.2 Å². The van der Waals surface area contributed by atoms with Crippen molar-refractivity contribution in [1.82, 2.24) is 9.80 Å². The lowest BCUT2D eigenvalue weighted by atomic mass is 10.00. The quantitative estimate of drug-likeness (QED) is 0.613. The van der Waals surface area contributed by atoms with E-state index in [0.29, 0.717) is 16.3 Å². The first-order chi connectivity index (χ1) is 12.5. The molecule has 0 aromatic heterocycles. The van der Waals surface area contributed by atoms with Gasteiger partial charge in [-0.05, 0) is 59.0 Å². The summed E-state index contributed by atoms with van der Waals surface area (Å²) < 4.78 is 0. The molecule has 0 radical (unpaired) electrons. The average molecular weight is 395 g/mol. The van der Waals surface area contributed by atoms with Gasteiger partial charge in [0, 0.05) is 29.0 Å². The van der Waals surface area contributed by atoms with Crippen LogP contribution in [0.3, 0.4) is 0 Å². The molecule has 0 bridgehead atoms. The van der Waals surface area contributed by atoms with E-state index in [1.165, 1.54) is 36.1 Å². The normalized spacial score (nSPS) is 20.3. The number of nitrogens with zero attached hydrogens (tertiary/aromatic N) is 2. The summed E-state index contributed by atoms with van der Waals surface area (Å²) in [6, 6.07) is 8.86. The van der Waals surface area contributed by atoms with Crippen molar-refractivity contribution in [3.05, 3.63) is 29.8 Å². The van der Waals surface area contributed by atoms with Gasteiger partial charge in [-0.25, -0.2) is 0 Å². The summed E-state index contributed by atoms with van der Waals surface area (Å²) in [6.45, 7) is 4.01. The van der Waals surface area contributed by atoms with Crippen LogP contribution in [0.1, 0.15) is 37.7 Å². The lowest BCUT2D eigenvalue weighted by molar-refractivity contribution is -0.127. The molecule has 0 aliphatic heterocycles. The molecular formula is C21H34N2OS2. The van der Waals surface area contributed by atoms with Gasteiger partial charge in [-0.15, -0.1) is 23.5 Å². The maximum Gasteiger partial charge on any atom is 0.232 e. The molecule has 1 aromatic rings. The van der Waals surface area contributed by atoms with Crippen molar-refractivity contribution in [2.24, 2.45) is 0 Å². The molecule has 2 atom stereocenters. The van der Waals surface area contributed by atoms with Gasteiger partial charge in [0.15, 0.2) is 0 Å². The van der Waals surface area contributed by atoms with Gasteiger partial charge in [0.2, 0.25) is 5.91 Å². The Hall–Kier alpha value is -0.650. The molecule has 5 heteroatoms. The van der Waals surface area contributed by atoms with Crippen molar-refractivity contribution in [1.29, 1.82) is 0 Å². The van der Waals surface area contributed by atoms with Gasteiger partial charge in [-0.2, -0.15) is 0 Å². The number of hydrogen-bond donors (Lipinski definition) is 0. The Morgan fingerprint density at radius 2 is 1.69 bits per heavy atom. The second kappa shape index (κ2) is 11.3. The number of carbonyl (C=O) groups excluding carboxylic acids is 1. The third kappa shape index (κ3) is 7.53. The molecule has 3 nitrogen and oxygen atoms in total. The number of thioether (sulfide) groups is 2. The second-order valence-electron chi connectivity index (χ2n) is 7.58. The van der Waals surface area contributed by atoms with Crippen molar-refractivity contribution in [2.45, 2.75) is 54.4 Å². The smallest absolute Gasteiger partial charge is 0.232 e. The van der Waals surface area contributed by atoms with Gasteiger partial charge >= 0.3 is 0 Å². The lowest BCUT2D eigenvalue weighted by Gasteiger charge is -2.31. The zero-order chi connectivity index (χ0) is 18.9. The maximum absolute atomic E-state index is 12.4. The molecule has 1 fully saturated rings. The fraction of sp³-hybridized carbons (Fsp3) is 0.667. The summed E-state index contributed by atoms with van der Waals surface area (Å²) in [5.74, 6) is 0.895. The van der Waals surface area contributed by atoms with Crippen molar-refractivity contribution < 1.29 is 4.79 Å². The molecule has 0 saturated heterocycles. The topological polar surface area (TPSA) is 23.6 Å². The first kappa shape index (κ1) is 21.6. The van der Waals surface area contributed by atoms with E-state index in [1.807, 2.05) is 35.5 Å². The molecule has 1 saturated carbocycles. The molecule has 1 aliphatic carbocycles. The Balaban J connectivity index is 1.79. The Morgan fingerprint density at radius 3 is 2.35 bits per heavy atom. The summed E-state index contributed by atoms with van der Waals surface area (Å²) in [6.07, 6.45) is 6.17. The van der Waals surface area contributed by atoms with Crippen molar-refractivity contribution in [3.8, 4) is 0 Å². The maximum atomic E-state index is 12.4. The Bertz CT molecular complexity index is 547. The first-order valence-corrected chi connectivity index (χ1v) is 11.6. The molecule has 146 valence electrons. The van der Waals surface area contributed by atoms with E-state index in [0.717, 1.165) is 19.5 Å². The fourth-order valence-corrected chi connectivity index (χ4v) is 6.10. The second-order valence-corrected chi connectivity index (χ2v) is 10.1. The van der Waals surface area contributed by atoms with Crippen LogP contribution in [0.2, 0.25) is 0 Å². The van der Waals surface area contributed by atoms with Gasteiger partial charge in [0.05, 0.1) is 5.75 Å². The van der Waals surface area contributed by atoms with E-state index in [9.17, 15) is 4.79 Å². The summed E-state index contributed by atoms with van der Waals surface area (Å²) in [5.41, 5.74) is 1.31. The number of rotatable bonds is 9. The molecule has 0 spiro atoms. The van der Waals surface area contributed by atoms with Crippen LogP contribution in [0.25, 0.3) is 0 Å². The number of aryl methyl sites for hydroxylation is 1. The SMILES string of the molecule is Cc1ccc(S[C@@H]2CCCC[C@H]2SCC(=O)N(C)CCCN(C)C)cc1. The van der Waals surface area contributed by atoms with Gasteiger partial charge in [0.25, 0.3) is 0 Å². The molecule has 0 unspecified atom stereocenters. The highest BCUT2D eigenvalue weighted by atomic mass is 32.2. The summed E-state index contributed by atoms with van der Waals surface area (Å²) in [4.78, 5) is 17.9. The van der Waals surface area contributed by atoms with E-state index in [1.54, 1.807) is 0 Å². The molecule has 0 N–H and O–H groups in total. The Morgan fingerprint density at radius 1 is 1.04 bits per heavy atom. The molecule has 2 rings (SSSR count). The summed E-state index contributed by atoms with van der Waals surface area (Å²) in [7, 11) is 6.09. The highest BCUT2D eigenvalue weighted by Gasteiger charge is 2.27. The minimum Gasteiger partial charge on any atom is -0.345 e. The van der Waals surface area contributed by atoms with Crippen molar-refractivity contribution in [3.63, 3.8) is 0 Å². The van der Waals surface area contributed by atoms with Crippen molar-refractivity contribution >= 4 is 29.4 Å². The number of amides is 1. The van der Waals surface area contributed by atoms with Crippen LogP contribution < -0.4 is 0 Å². The van der Waals surface area contributed by atoms with Crippen LogP contribution in [0.4, 0.5) is 0 Å². The standard InChI is InChI=1S/C21H34N2OS2/c1-17-10-12-18(13-11-17)26-20-9-6-5-8-19(20)25-16-21(24)23(4)15-7-14-22(2)3/h10-13,19-20H,5-9,14-16H2,1-4H3/t19-,20-/m1/s1. The van der Waals surface area contributed by atoms with Gasteiger partial charge in [0.1, 0.15) is 0 Å². The predicted octanol–water partition coefficient (Wildman–Crippen LogP) is 4.54. The minimum atomic E-state index is 0.276. The van der Waals surface area contributed by atoms with E-state index in [-0.39, 0.29) is 5.91 Å². The van der Waals surface area contributed by atoms with Crippen LogP contribution in [0.5, 0.6) is 0 Å². The largest absolute Gasteiger partial charge is 0.345 e. The molecule has 26 heavy (non-hydrogen) atoms. The highest BCUT2D eigenvalue weighted by Crippen LogP contribution is 2.39. The third-order valence-electron chi connectivity index (χ3n) is 4.90. The Labute approximate surface area is 168 Å². The summed E-state index contributed by atoms with van der Waals surface area (Å²) >= 11 is 3.89. The number of hydrogen-bond acceptors (Lipinski definition) is 4. The Kier molecular flexibility index (Phi) is 9.37. The van der Waals surface area contributed by atoms with Crippen LogP contribution in [-0.4, -0.2) is 66.2 Å². The predicted molar refractivity (Wildman–Crippen MR) is 116 cm³/mol. The molecular weight excluding hydrogens is 360 g/mol. The van der Waals surface area contributed by atoms with Gasteiger partial charge in [-0.1, -0.05) is 30.5 Å². The molecule has 1 amide bonds. The first-order valence-electron chi connectivity index (χ1n) is 9.69. The fourth-order valence-electron chi connectivity index (χ4n) is 3.22. The van der Waals surface area contributed by atoms with Crippen molar-refractivity contribution in [2.75, 3.05) is 40.0 Å². The van der Waals surface area contributed by atoms with E-state index < -0.39 is 0 Å². The highest BCUT2D eigenvalue weighted by molar-refractivity contribution is 8.04. The van der Waals surface area contributed by atoms with Crippen LogP contribution in [0, 0.1) is 6.92 Å². The average Bonchev–Trinajstić information content (AvgIpc) is 2.62. The van der Waals surface area contributed by atoms with E-state index >= 15 is 0 Å². The molecule has 1 aliphatic rings. The van der Waals surface area contributed by atoms with Crippen LogP contribution >= 0.6 is 23.5 Å². The van der Waals surface area contributed by atoms with Gasteiger partial charge < -0.3 is 9.80 Å². The molecule has 0 heterocycles. The monoisotopic (exact) mass is 394 g/mol. The number of benzene rings is 1.